The number of carbonyl (C=O) groups excluding carboxylic acids is 1. The lowest BCUT2D eigenvalue weighted by Crippen LogP contribution is -2.13. The van der Waals surface area contributed by atoms with Gasteiger partial charge in [-0.1, -0.05) is 32.1 Å². The molecule has 0 saturated heterocycles. The van der Waals surface area contributed by atoms with Gasteiger partial charge in [-0.25, -0.2) is 9.97 Å². The molecule has 0 radical (unpaired) electrons. The summed E-state index contributed by atoms with van der Waals surface area (Å²) in [5.41, 5.74) is 0.229. The van der Waals surface area contributed by atoms with Crippen LogP contribution in [-0.2, 0) is 5.41 Å². The number of nitrogens with zero attached hydrogens (tertiary/aromatic N) is 4. The Labute approximate surface area is 109 Å². The number of anilines is 1. The standard InChI is InChI=1S/C11H13N5OS/c1-11(2,3)9-15-16-10(18-9)14-8(17)7-4-5-12-6-13-7/h4-6H,1-3H3,(H,14,16,17). The first kappa shape index (κ1) is 12.6. The highest BCUT2D eigenvalue weighted by Crippen LogP contribution is 2.27. The van der Waals surface area contributed by atoms with Gasteiger partial charge in [0.15, 0.2) is 0 Å². The average Bonchev–Trinajstić information content (AvgIpc) is 2.78. The first-order valence-electron chi connectivity index (χ1n) is 5.38. The summed E-state index contributed by atoms with van der Waals surface area (Å²) in [5.74, 6) is -0.311. The molecule has 1 N–H and O–H groups in total. The number of aromatic nitrogens is 4. The molecule has 2 aromatic rings. The van der Waals surface area contributed by atoms with E-state index in [0.717, 1.165) is 5.01 Å². The Morgan fingerprint density at radius 1 is 1.33 bits per heavy atom. The van der Waals surface area contributed by atoms with Gasteiger partial charge in [-0.3, -0.25) is 10.1 Å². The summed E-state index contributed by atoms with van der Waals surface area (Å²) in [6, 6.07) is 1.54. The van der Waals surface area contributed by atoms with Gasteiger partial charge in [0, 0.05) is 11.6 Å². The SMILES string of the molecule is CC(C)(C)c1nnc(NC(=O)c2ccncn2)s1. The van der Waals surface area contributed by atoms with E-state index in [1.54, 1.807) is 6.07 Å². The molecule has 1 amide bonds. The van der Waals surface area contributed by atoms with Crippen LogP contribution in [0.1, 0.15) is 36.3 Å². The molecule has 0 aliphatic carbocycles. The van der Waals surface area contributed by atoms with E-state index in [4.69, 9.17) is 0 Å². The van der Waals surface area contributed by atoms with Crippen LogP contribution in [0.5, 0.6) is 0 Å². The Hall–Kier alpha value is -1.89. The van der Waals surface area contributed by atoms with Gasteiger partial charge in [0.05, 0.1) is 0 Å². The Kier molecular flexibility index (Phi) is 3.33. The van der Waals surface area contributed by atoms with Gasteiger partial charge in [0.2, 0.25) is 5.13 Å². The summed E-state index contributed by atoms with van der Waals surface area (Å²) in [5, 5.41) is 12.0. The van der Waals surface area contributed by atoms with Crippen molar-refractivity contribution < 1.29 is 4.79 Å². The minimum absolute atomic E-state index is 0.0738. The van der Waals surface area contributed by atoms with Crippen molar-refractivity contribution in [1.82, 2.24) is 20.2 Å². The molecule has 0 saturated carbocycles. The topological polar surface area (TPSA) is 80.7 Å². The molecule has 94 valence electrons. The molecule has 0 fully saturated rings. The van der Waals surface area contributed by atoms with Gasteiger partial charge in [0.1, 0.15) is 17.0 Å². The van der Waals surface area contributed by atoms with Crippen LogP contribution < -0.4 is 5.32 Å². The van der Waals surface area contributed by atoms with E-state index in [1.807, 2.05) is 20.8 Å². The molecule has 2 heterocycles. The number of rotatable bonds is 2. The molecule has 0 atom stereocenters. The second-order valence-corrected chi connectivity index (χ2v) is 5.69. The summed E-state index contributed by atoms with van der Waals surface area (Å²) in [6.07, 6.45) is 2.85. The predicted octanol–water partition coefficient (Wildman–Crippen LogP) is 1.88. The lowest BCUT2D eigenvalue weighted by atomic mass is 9.98. The van der Waals surface area contributed by atoms with Gasteiger partial charge < -0.3 is 0 Å². The molecule has 0 aliphatic heterocycles. The third-order valence-electron chi connectivity index (χ3n) is 2.10. The van der Waals surface area contributed by atoms with Crippen molar-refractivity contribution in [2.24, 2.45) is 0 Å². The van der Waals surface area contributed by atoms with Crippen LogP contribution in [-0.4, -0.2) is 26.1 Å². The number of hydrogen-bond donors (Lipinski definition) is 1. The van der Waals surface area contributed by atoms with E-state index in [-0.39, 0.29) is 11.3 Å². The summed E-state index contributed by atoms with van der Waals surface area (Å²) in [6.45, 7) is 6.14. The fraction of sp³-hybridized carbons (Fsp3) is 0.364. The van der Waals surface area contributed by atoms with Gasteiger partial charge in [-0.2, -0.15) is 0 Å². The minimum atomic E-state index is -0.311. The van der Waals surface area contributed by atoms with E-state index in [9.17, 15) is 4.79 Å². The quantitative estimate of drug-likeness (QED) is 0.894. The molecule has 0 bridgehead atoms. The van der Waals surface area contributed by atoms with Crippen LogP contribution in [0.4, 0.5) is 5.13 Å². The maximum Gasteiger partial charge on any atom is 0.276 e. The van der Waals surface area contributed by atoms with E-state index in [0.29, 0.717) is 10.8 Å². The molecule has 0 aromatic carbocycles. The molecule has 2 aromatic heterocycles. The van der Waals surface area contributed by atoms with Gasteiger partial charge >= 0.3 is 0 Å². The smallest absolute Gasteiger partial charge is 0.276 e. The first-order chi connectivity index (χ1) is 8.47. The van der Waals surface area contributed by atoms with Crippen molar-refractivity contribution in [3.05, 3.63) is 29.3 Å². The fourth-order valence-corrected chi connectivity index (χ4v) is 1.96. The highest BCUT2D eigenvalue weighted by Gasteiger charge is 2.20. The molecule has 0 aliphatic rings. The summed E-state index contributed by atoms with van der Waals surface area (Å²) < 4.78 is 0. The van der Waals surface area contributed by atoms with Crippen molar-refractivity contribution >= 4 is 22.4 Å². The monoisotopic (exact) mass is 263 g/mol. The van der Waals surface area contributed by atoms with E-state index < -0.39 is 0 Å². The van der Waals surface area contributed by atoms with Crippen molar-refractivity contribution in [1.29, 1.82) is 0 Å². The summed E-state index contributed by atoms with van der Waals surface area (Å²) in [7, 11) is 0. The Bertz CT molecular complexity index is 546. The predicted molar refractivity (Wildman–Crippen MR) is 68.6 cm³/mol. The van der Waals surface area contributed by atoms with Crippen LogP contribution in [0.2, 0.25) is 0 Å². The molecule has 0 spiro atoms. The molecular formula is C11H13N5OS. The second-order valence-electron chi connectivity index (χ2n) is 4.71. The average molecular weight is 263 g/mol. The summed E-state index contributed by atoms with van der Waals surface area (Å²) >= 11 is 1.37. The highest BCUT2D eigenvalue weighted by molar-refractivity contribution is 7.15. The Morgan fingerprint density at radius 2 is 2.11 bits per heavy atom. The van der Waals surface area contributed by atoms with Gasteiger partial charge in [-0.05, 0) is 6.07 Å². The third-order valence-corrected chi connectivity index (χ3v) is 3.37. The van der Waals surface area contributed by atoms with Gasteiger partial charge in [-0.15, -0.1) is 10.2 Å². The third kappa shape index (κ3) is 2.86. The number of nitrogens with one attached hydrogen (secondary N) is 1. The number of carbonyl (C=O) groups is 1. The number of amides is 1. The van der Waals surface area contributed by atoms with Crippen molar-refractivity contribution in [3.63, 3.8) is 0 Å². The molecule has 2 rings (SSSR count). The minimum Gasteiger partial charge on any atom is -0.295 e. The Morgan fingerprint density at radius 3 is 2.67 bits per heavy atom. The molecule has 6 nitrogen and oxygen atoms in total. The normalized spacial score (nSPS) is 11.3. The Balaban J connectivity index is 2.11. The largest absolute Gasteiger partial charge is 0.295 e. The molecule has 0 unspecified atom stereocenters. The lowest BCUT2D eigenvalue weighted by molar-refractivity contribution is 0.102. The fourth-order valence-electron chi connectivity index (χ4n) is 1.16. The molecule has 7 heteroatoms. The van der Waals surface area contributed by atoms with E-state index >= 15 is 0 Å². The van der Waals surface area contributed by atoms with Crippen molar-refractivity contribution in [2.75, 3.05) is 5.32 Å². The van der Waals surface area contributed by atoms with Crippen LogP contribution in [0, 0.1) is 0 Å². The lowest BCUT2D eigenvalue weighted by Gasteiger charge is -2.12. The van der Waals surface area contributed by atoms with Crippen LogP contribution >= 0.6 is 11.3 Å². The zero-order chi connectivity index (χ0) is 13.2. The number of hydrogen-bond acceptors (Lipinski definition) is 6. The summed E-state index contributed by atoms with van der Waals surface area (Å²) in [4.78, 5) is 19.4. The maximum atomic E-state index is 11.8. The molecule has 18 heavy (non-hydrogen) atoms. The van der Waals surface area contributed by atoms with Gasteiger partial charge in [0.25, 0.3) is 5.91 Å². The van der Waals surface area contributed by atoms with E-state index in [2.05, 4.69) is 25.5 Å². The van der Waals surface area contributed by atoms with Crippen LogP contribution in [0.15, 0.2) is 18.6 Å². The maximum absolute atomic E-state index is 11.8. The van der Waals surface area contributed by atoms with Crippen LogP contribution in [0.25, 0.3) is 0 Å². The van der Waals surface area contributed by atoms with E-state index in [1.165, 1.54) is 23.9 Å². The van der Waals surface area contributed by atoms with Crippen LogP contribution in [0.3, 0.4) is 0 Å². The van der Waals surface area contributed by atoms with Crippen molar-refractivity contribution in [2.45, 2.75) is 26.2 Å². The zero-order valence-corrected chi connectivity index (χ0v) is 11.2. The molecular weight excluding hydrogens is 250 g/mol. The zero-order valence-electron chi connectivity index (χ0n) is 10.3. The second kappa shape index (κ2) is 4.77. The first-order valence-corrected chi connectivity index (χ1v) is 6.20. The van der Waals surface area contributed by atoms with Crippen molar-refractivity contribution in [3.8, 4) is 0 Å². The highest BCUT2D eigenvalue weighted by atomic mass is 32.1.